The molecule has 4 N–H and O–H groups in total. The van der Waals surface area contributed by atoms with Gasteiger partial charge in [-0.15, -0.1) is 0 Å². The Morgan fingerprint density at radius 3 is 2.58 bits per heavy atom. The Labute approximate surface area is 153 Å². The van der Waals surface area contributed by atoms with Crippen LogP contribution in [0.1, 0.15) is 11.1 Å². The van der Waals surface area contributed by atoms with Crippen LogP contribution in [0.15, 0.2) is 48.5 Å². The molecule has 2 aromatic rings. The first-order valence-electron chi connectivity index (χ1n) is 8.62. The molecule has 2 rings (SSSR count). The molecule has 0 heterocycles. The van der Waals surface area contributed by atoms with E-state index in [1.54, 1.807) is 0 Å². The van der Waals surface area contributed by atoms with Crippen LogP contribution in [0.5, 0.6) is 11.5 Å². The van der Waals surface area contributed by atoms with Gasteiger partial charge in [0.05, 0.1) is 6.42 Å². The topological polar surface area (TPSA) is 93.8 Å². The number of aryl methyl sites for hydroxylation is 1. The molecule has 0 fully saturated rings. The molecule has 6 nitrogen and oxygen atoms in total. The van der Waals surface area contributed by atoms with Crippen LogP contribution in [0.2, 0.25) is 0 Å². The van der Waals surface area contributed by atoms with Crippen LogP contribution in [-0.4, -0.2) is 43.4 Å². The molecular weight excluding hydrogens is 332 g/mol. The molecule has 6 heteroatoms. The van der Waals surface area contributed by atoms with Crippen molar-refractivity contribution in [2.24, 2.45) is 5.73 Å². The number of rotatable bonds is 11. The van der Waals surface area contributed by atoms with Crippen LogP contribution in [0.25, 0.3) is 0 Å². The number of carbonyl (C=O) groups is 1. The normalized spacial score (nSPS) is 11.8. The molecule has 0 aromatic heterocycles. The summed E-state index contributed by atoms with van der Waals surface area (Å²) < 4.78 is 11.2. The van der Waals surface area contributed by atoms with Crippen LogP contribution in [0.3, 0.4) is 0 Å². The van der Waals surface area contributed by atoms with Crippen LogP contribution in [0.4, 0.5) is 0 Å². The van der Waals surface area contributed by atoms with Gasteiger partial charge in [0.1, 0.15) is 30.8 Å². The number of nitrogens with one attached hydrogen (secondary N) is 1. The molecule has 0 saturated heterocycles. The van der Waals surface area contributed by atoms with Crippen LogP contribution < -0.4 is 20.5 Å². The van der Waals surface area contributed by atoms with Gasteiger partial charge in [-0.1, -0.05) is 30.3 Å². The van der Waals surface area contributed by atoms with Gasteiger partial charge in [0.15, 0.2) is 0 Å². The van der Waals surface area contributed by atoms with E-state index < -0.39 is 6.10 Å². The van der Waals surface area contributed by atoms with Crippen molar-refractivity contribution in [3.05, 3.63) is 59.7 Å². The van der Waals surface area contributed by atoms with Crippen molar-refractivity contribution in [1.29, 1.82) is 0 Å². The van der Waals surface area contributed by atoms with Gasteiger partial charge in [-0.25, -0.2) is 0 Å². The van der Waals surface area contributed by atoms with E-state index >= 15 is 0 Å². The molecule has 1 atom stereocenters. The molecule has 2 aromatic carbocycles. The van der Waals surface area contributed by atoms with Crippen LogP contribution in [-0.2, 0) is 11.2 Å². The fourth-order valence-electron chi connectivity index (χ4n) is 2.38. The highest BCUT2D eigenvalue weighted by atomic mass is 16.5. The lowest BCUT2D eigenvalue weighted by molar-refractivity contribution is -0.117. The van der Waals surface area contributed by atoms with Gasteiger partial charge in [0.25, 0.3) is 0 Å². The number of primary amides is 1. The first-order chi connectivity index (χ1) is 12.5. The second-order valence-corrected chi connectivity index (χ2v) is 6.07. The van der Waals surface area contributed by atoms with E-state index in [4.69, 9.17) is 15.2 Å². The molecular formula is C20H26N2O4. The number of amides is 1. The Bertz CT molecular complexity index is 688. The van der Waals surface area contributed by atoms with E-state index in [-0.39, 0.29) is 18.9 Å². The Hall–Kier alpha value is -2.57. The fraction of sp³-hybridized carbons (Fsp3) is 0.350. The number of hydrogen-bond acceptors (Lipinski definition) is 5. The van der Waals surface area contributed by atoms with Gasteiger partial charge in [-0.2, -0.15) is 0 Å². The number of ether oxygens (including phenoxy) is 2. The molecule has 0 aliphatic carbocycles. The quantitative estimate of drug-likeness (QED) is 0.528. The molecule has 0 radical (unpaired) electrons. The van der Waals surface area contributed by atoms with Crippen molar-refractivity contribution in [3.8, 4) is 11.5 Å². The highest BCUT2D eigenvalue weighted by Crippen LogP contribution is 2.16. The molecule has 0 aliphatic heterocycles. The fourth-order valence-corrected chi connectivity index (χ4v) is 2.38. The Morgan fingerprint density at radius 2 is 1.88 bits per heavy atom. The molecule has 26 heavy (non-hydrogen) atoms. The number of aliphatic hydroxyl groups excluding tert-OH is 1. The number of hydrogen-bond donors (Lipinski definition) is 3. The van der Waals surface area contributed by atoms with Crippen molar-refractivity contribution in [1.82, 2.24) is 5.32 Å². The number of nitrogens with two attached hydrogens (primary N) is 1. The lowest BCUT2D eigenvalue weighted by atomic mass is 10.1. The van der Waals surface area contributed by atoms with Crippen LogP contribution >= 0.6 is 0 Å². The van der Waals surface area contributed by atoms with E-state index in [1.807, 2.05) is 55.5 Å². The third-order valence-electron chi connectivity index (χ3n) is 3.75. The first kappa shape index (κ1) is 19.8. The van der Waals surface area contributed by atoms with E-state index in [0.717, 1.165) is 22.6 Å². The summed E-state index contributed by atoms with van der Waals surface area (Å²) in [4.78, 5) is 10.8. The van der Waals surface area contributed by atoms with Gasteiger partial charge in [0, 0.05) is 13.1 Å². The summed E-state index contributed by atoms with van der Waals surface area (Å²) in [6.07, 6.45) is -0.368. The monoisotopic (exact) mass is 358 g/mol. The zero-order chi connectivity index (χ0) is 18.8. The lowest BCUT2D eigenvalue weighted by Gasteiger charge is -2.14. The van der Waals surface area contributed by atoms with Gasteiger partial charge in [0.2, 0.25) is 5.91 Å². The minimum Gasteiger partial charge on any atom is -0.492 e. The summed E-state index contributed by atoms with van der Waals surface area (Å²) in [5, 5.41) is 13.1. The predicted molar refractivity (Wildman–Crippen MR) is 100 cm³/mol. The number of carbonyl (C=O) groups excluding carboxylic acids is 1. The standard InChI is InChI=1S/C20H26N2O4/c1-15-4-2-3-5-19(15)26-14-17(23)13-22-10-11-25-18-8-6-16(7-9-18)12-20(21)24/h2-9,17,22-23H,10-14H2,1H3,(H2,21,24)/t17-/m0/s1. The van der Waals surface area contributed by atoms with Gasteiger partial charge >= 0.3 is 0 Å². The van der Waals surface area contributed by atoms with Crippen molar-refractivity contribution in [2.45, 2.75) is 19.4 Å². The smallest absolute Gasteiger partial charge is 0.221 e. The summed E-state index contributed by atoms with van der Waals surface area (Å²) >= 11 is 0. The third-order valence-corrected chi connectivity index (χ3v) is 3.75. The Kier molecular flexibility index (Phi) is 7.92. The van der Waals surface area contributed by atoms with Crippen LogP contribution in [0, 0.1) is 6.92 Å². The number of benzene rings is 2. The number of aliphatic hydroxyl groups is 1. The molecule has 0 aliphatic rings. The van der Waals surface area contributed by atoms with E-state index in [0.29, 0.717) is 19.7 Å². The Morgan fingerprint density at radius 1 is 1.15 bits per heavy atom. The van der Waals surface area contributed by atoms with Crippen molar-refractivity contribution in [2.75, 3.05) is 26.3 Å². The SMILES string of the molecule is Cc1ccccc1OC[C@@H](O)CNCCOc1ccc(CC(N)=O)cc1. The van der Waals surface area contributed by atoms with Crippen molar-refractivity contribution < 1.29 is 19.4 Å². The third kappa shape index (κ3) is 7.13. The maximum Gasteiger partial charge on any atom is 0.221 e. The average Bonchev–Trinajstić information content (AvgIpc) is 2.61. The second-order valence-electron chi connectivity index (χ2n) is 6.07. The van der Waals surface area contributed by atoms with E-state index in [2.05, 4.69) is 5.32 Å². The highest BCUT2D eigenvalue weighted by Gasteiger charge is 2.06. The first-order valence-corrected chi connectivity index (χ1v) is 8.62. The summed E-state index contributed by atoms with van der Waals surface area (Å²) in [5.74, 6) is 1.16. The second kappa shape index (κ2) is 10.4. The average molecular weight is 358 g/mol. The Balaban J connectivity index is 1.58. The summed E-state index contributed by atoms with van der Waals surface area (Å²) in [5.41, 5.74) is 7.06. The molecule has 0 bridgehead atoms. The summed E-state index contributed by atoms with van der Waals surface area (Å²) in [6.45, 7) is 3.70. The van der Waals surface area contributed by atoms with Gasteiger partial charge in [-0.05, 0) is 36.2 Å². The molecule has 1 amide bonds. The van der Waals surface area contributed by atoms with Gasteiger partial charge < -0.3 is 25.6 Å². The molecule has 0 spiro atoms. The zero-order valence-corrected chi connectivity index (χ0v) is 15.0. The van der Waals surface area contributed by atoms with E-state index in [1.165, 1.54) is 0 Å². The maximum atomic E-state index is 10.8. The highest BCUT2D eigenvalue weighted by molar-refractivity contribution is 5.76. The molecule has 140 valence electrons. The maximum absolute atomic E-state index is 10.8. The largest absolute Gasteiger partial charge is 0.492 e. The predicted octanol–water partition coefficient (Wildman–Crippen LogP) is 1.43. The molecule has 0 unspecified atom stereocenters. The zero-order valence-electron chi connectivity index (χ0n) is 15.0. The number of para-hydroxylation sites is 1. The lowest BCUT2D eigenvalue weighted by Crippen LogP contribution is -2.33. The summed E-state index contributed by atoms with van der Waals surface area (Å²) in [7, 11) is 0. The van der Waals surface area contributed by atoms with Crippen molar-refractivity contribution >= 4 is 5.91 Å². The van der Waals surface area contributed by atoms with Gasteiger partial charge in [-0.3, -0.25) is 4.79 Å². The van der Waals surface area contributed by atoms with Crippen molar-refractivity contribution in [3.63, 3.8) is 0 Å². The van der Waals surface area contributed by atoms with E-state index in [9.17, 15) is 9.90 Å². The minimum atomic E-state index is -0.595. The minimum absolute atomic E-state index is 0.226. The summed E-state index contributed by atoms with van der Waals surface area (Å²) in [6, 6.07) is 15.0. The molecule has 0 saturated carbocycles.